The zero-order valence-corrected chi connectivity index (χ0v) is 14.0. The van der Waals surface area contributed by atoms with E-state index in [4.69, 9.17) is 11.6 Å². The zero-order valence-electron chi connectivity index (χ0n) is 12.5. The molecule has 1 aromatic heterocycles. The Labute approximate surface area is 139 Å². The molecule has 0 atom stereocenters. The van der Waals surface area contributed by atoms with E-state index in [-0.39, 0.29) is 11.8 Å². The molecule has 0 saturated carbocycles. The van der Waals surface area contributed by atoms with Crippen LogP contribution in [-0.4, -0.2) is 72.3 Å². The molecule has 2 fully saturated rings. The van der Waals surface area contributed by atoms with E-state index in [9.17, 15) is 9.59 Å². The average molecular weight is 342 g/mol. The Hall–Kier alpha value is -1.11. The fourth-order valence-corrected chi connectivity index (χ4v) is 3.96. The van der Waals surface area contributed by atoms with Gasteiger partial charge in [-0.05, 0) is 25.0 Å². The Morgan fingerprint density at radius 2 is 1.68 bits per heavy atom. The van der Waals surface area contributed by atoms with E-state index in [1.54, 1.807) is 12.1 Å². The molecule has 3 heterocycles. The Kier molecular flexibility index (Phi) is 5.00. The highest BCUT2D eigenvalue weighted by atomic mass is 35.5. The molecule has 1 aromatic rings. The molecule has 2 aliphatic heterocycles. The van der Waals surface area contributed by atoms with Crippen LogP contribution in [-0.2, 0) is 4.79 Å². The second-order valence-corrected chi connectivity index (χ2v) is 7.48. The van der Waals surface area contributed by atoms with Crippen LogP contribution < -0.4 is 0 Å². The van der Waals surface area contributed by atoms with Crippen molar-refractivity contribution in [3.63, 3.8) is 0 Å². The van der Waals surface area contributed by atoms with Gasteiger partial charge in [-0.15, -0.1) is 11.3 Å². The summed E-state index contributed by atoms with van der Waals surface area (Å²) in [5, 5.41) is 0. The van der Waals surface area contributed by atoms with E-state index >= 15 is 0 Å². The van der Waals surface area contributed by atoms with Gasteiger partial charge in [-0.3, -0.25) is 14.5 Å². The molecule has 5 nitrogen and oxygen atoms in total. The normalized spacial score (nSPS) is 19.7. The number of hydrogen-bond donors (Lipinski definition) is 0. The van der Waals surface area contributed by atoms with Crippen molar-refractivity contribution in [2.45, 2.75) is 12.8 Å². The van der Waals surface area contributed by atoms with Crippen molar-refractivity contribution in [2.24, 2.45) is 0 Å². The Bertz CT molecular complexity index is 549. The van der Waals surface area contributed by atoms with Crippen molar-refractivity contribution in [3.05, 3.63) is 21.3 Å². The van der Waals surface area contributed by atoms with Crippen molar-refractivity contribution in [1.29, 1.82) is 0 Å². The molecular formula is C15H20ClN3O2S. The summed E-state index contributed by atoms with van der Waals surface area (Å²) in [5.41, 5.74) is 0. The Balaban J connectivity index is 1.47. The van der Waals surface area contributed by atoms with Gasteiger partial charge in [0.1, 0.15) is 0 Å². The number of amides is 2. The lowest BCUT2D eigenvalue weighted by molar-refractivity contribution is -0.131. The highest BCUT2D eigenvalue weighted by Gasteiger charge is 2.26. The van der Waals surface area contributed by atoms with Crippen LogP contribution in [0.5, 0.6) is 0 Å². The molecular weight excluding hydrogens is 322 g/mol. The van der Waals surface area contributed by atoms with E-state index in [1.807, 2.05) is 9.80 Å². The first-order chi connectivity index (χ1) is 10.6. The molecule has 2 amide bonds. The predicted molar refractivity (Wildman–Crippen MR) is 87.5 cm³/mol. The van der Waals surface area contributed by atoms with Gasteiger partial charge >= 0.3 is 0 Å². The summed E-state index contributed by atoms with van der Waals surface area (Å²) in [5.74, 6) is 0.268. The van der Waals surface area contributed by atoms with Gasteiger partial charge in [0, 0.05) is 39.3 Å². The van der Waals surface area contributed by atoms with Crippen LogP contribution in [0.1, 0.15) is 22.5 Å². The van der Waals surface area contributed by atoms with Crippen LogP contribution >= 0.6 is 22.9 Å². The first-order valence-electron chi connectivity index (χ1n) is 7.68. The predicted octanol–water partition coefficient (Wildman–Crippen LogP) is 1.78. The van der Waals surface area contributed by atoms with Crippen molar-refractivity contribution < 1.29 is 9.59 Å². The van der Waals surface area contributed by atoms with Crippen LogP contribution in [0.2, 0.25) is 4.34 Å². The number of piperazine rings is 1. The van der Waals surface area contributed by atoms with Gasteiger partial charge in [-0.2, -0.15) is 0 Å². The standard InChI is InChI=1S/C15H20ClN3O2S/c16-13-4-3-12(22-13)15(21)19-9-7-17(8-10-19)11-14(20)18-5-1-2-6-18/h3-4H,1-2,5-11H2. The molecule has 7 heteroatoms. The molecule has 0 spiro atoms. The number of carbonyl (C=O) groups is 2. The quantitative estimate of drug-likeness (QED) is 0.841. The SMILES string of the molecule is O=C(CN1CCN(C(=O)c2ccc(Cl)s2)CC1)N1CCCC1. The van der Waals surface area contributed by atoms with Gasteiger partial charge in [0.2, 0.25) is 5.91 Å². The number of nitrogens with zero attached hydrogens (tertiary/aromatic N) is 3. The number of likely N-dealkylation sites (tertiary alicyclic amines) is 1. The highest BCUT2D eigenvalue weighted by molar-refractivity contribution is 7.17. The van der Waals surface area contributed by atoms with E-state index < -0.39 is 0 Å². The van der Waals surface area contributed by atoms with E-state index in [0.717, 1.165) is 39.0 Å². The smallest absolute Gasteiger partial charge is 0.264 e. The number of carbonyl (C=O) groups excluding carboxylic acids is 2. The third kappa shape index (κ3) is 3.62. The minimum atomic E-state index is 0.0439. The van der Waals surface area contributed by atoms with Crippen molar-refractivity contribution in [1.82, 2.24) is 14.7 Å². The Morgan fingerprint density at radius 1 is 1.00 bits per heavy atom. The van der Waals surface area contributed by atoms with E-state index in [1.165, 1.54) is 11.3 Å². The molecule has 120 valence electrons. The van der Waals surface area contributed by atoms with E-state index in [2.05, 4.69) is 4.90 Å². The van der Waals surface area contributed by atoms with Gasteiger partial charge < -0.3 is 9.80 Å². The summed E-state index contributed by atoms with van der Waals surface area (Å²) in [6.07, 6.45) is 2.24. The molecule has 0 radical (unpaired) electrons. The maximum absolute atomic E-state index is 12.3. The molecule has 3 rings (SSSR count). The minimum absolute atomic E-state index is 0.0439. The third-order valence-electron chi connectivity index (χ3n) is 4.26. The van der Waals surface area contributed by atoms with Crippen molar-refractivity contribution >= 4 is 34.8 Å². The highest BCUT2D eigenvalue weighted by Crippen LogP contribution is 2.23. The molecule has 2 saturated heterocycles. The summed E-state index contributed by atoms with van der Waals surface area (Å²) in [4.78, 5) is 31.1. The first-order valence-corrected chi connectivity index (χ1v) is 8.87. The topological polar surface area (TPSA) is 43.9 Å². The summed E-state index contributed by atoms with van der Waals surface area (Å²) in [6, 6.07) is 3.53. The number of rotatable bonds is 3. The van der Waals surface area contributed by atoms with Gasteiger partial charge in [-0.25, -0.2) is 0 Å². The van der Waals surface area contributed by atoms with Gasteiger partial charge in [-0.1, -0.05) is 11.6 Å². The largest absolute Gasteiger partial charge is 0.342 e. The molecule has 2 aliphatic rings. The lowest BCUT2D eigenvalue weighted by atomic mass is 10.3. The second-order valence-electron chi connectivity index (χ2n) is 5.76. The fourth-order valence-electron chi connectivity index (χ4n) is 2.95. The summed E-state index contributed by atoms with van der Waals surface area (Å²) < 4.78 is 0.637. The lowest BCUT2D eigenvalue weighted by Gasteiger charge is -2.34. The lowest BCUT2D eigenvalue weighted by Crippen LogP contribution is -2.51. The van der Waals surface area contributed by atoms with Crippen molar-refractivity contribution in [3.8, 4) is 0 Å². The molecule has 22 heavy (non-hydrogen) atoms. The number of hydrogen-bond acceptors (Lipinski definition) is 4. The number of halogens is 1. The van der Waals surface area contributed by atoms with Gasteiger partial charge in [0.15, 0.2) is 0 Å². The monoisotopic (exact) mass is 341 g/mol. The third-order valence-corrected chi connectivity index (χ3v) is 5.48. The average Bonchev–Trinajstić information content (AvgIpc) is 3.18. The van der Waals surface area contributed by atoms with Crippen LogP contribution in [0.3, 0.4) is 0 Å². The molecule has 0 bridgehead atoms. The fraction of sp³-hybridized carbons (Fsp3) is 0.600. The van der Waals surface area contributed by atoms with Crippen LogP contribution in [0.15, 0.2) is 12.1 Å². The first kappa shape index (κ1) is 15.8. The van der Waals surface area contributed by atoms with Crippen LogP contribution in [0.4, 0.5) is 0 Å². The number of thiophene rings is 1. The van der Waals surface area contributed by atoms with Crippen LogP contribution in [0, 0.1) is 0 Å². The van der Waals surface area contributed by atoms with Gasteiger partial charge in [0.25, 0.3) is 5.91 Å². The minimum Gasteiger partial charge on any atom is -0.342 e. The van der Waals surface area contributed by atoms with Gasteiger partial charge in [0.05, 0.1) is 15.8 Å². The molecule has 0 unspecified atom stereocenters. The van der Waals surface area contributed by atoms with E-state index in [0.29, 0.717) is 28.8 Å². The summed E-state index contributed by atoms with van der Waals surface area (Å²) in [6.45, 7) is 5.12. The zero-order chi connectivity index (χ0) is 15.5. The molecule has 0 aromatic carbocycles. The second kappa shape index (κ2) is 6.98. The summed E-state index contributed by atoms with van der Waals surface area (Å²) >= 11 is 7.20. The summed E-state index contributed by atoms with van der Waals surface area (Å²) in [7, 11) is 0. The Morgan fingerprint density at radius 3 is 2.27 bits per heavy atom. The molecule has 0 N–H and O–H groups in total. The maximum Gasteiger partial charge on any atom is 0.264 e. The van der Waals surface area contributed by atoms with Crippen molar-refractivity contribution in [2.75, 3.05) is 45.8 Å². The molecule has 0 aliphatic carbocycles. The van der Waals surface area contributed by atoms with Crippen LogP contribution in [0.25, 0.3) is 0 Å². The maximum atomic E-state index is 12.3.